The van der Waals surface area contributed by atoms with Crippen LogP contribution in [0.1, 0.15) is 27.7 Å². The molecule has 0 rings (SSSR count). The highest BCUT2D eigenvalue weighted by Crippen LogP contribution is 2.25. The number of carbonyl (C=O) groups is 1. The molecule has 0 aliphatic carbocycles. The fourth-order valence-corrected chi connectivity index (χ4v) is 1.24. The summed E-state index contributed by atoms with van der Waals surface area (Å²) in [5.41, 5.74) is -0.975. The van der Waals surface area contributed by atoms with E-state index in [1.54, 1.807) is 13.8 Å². The summed E-state index contributed by atoms with van der Waals surface area (Å²) in [4.78, 5) is 12.7. The van der Waals surface area contributed by atoms with E-state index < -0.39 is 30.1 Å². The number of carbonyl (C=O) groups excluding carboxylic acids is 1. The molecule has 0 bridgehead atoms. The van der Waals surface area contributed by atoms with E-state index in [1.807, 2.05) is 0 Å². The SMILES string of the molecule is CC(C)N(CC(F)(F)F)C(=O)C(C)(C)CCl. The molecule has 0 aromatic rings. The highest BCUT2D eigenvalue weighted by atomic mass is 35.5. The van der Waals surface area contributed by atoms with Crippen molar-refractivity contribution < 1.29 is 18.0 Å². The third kappa shape index (κ3) is 4.60. The Bertz CT molecular complexity index is 251. The predicted octanol–water partition coefficient (Wildman–Crippen LogP) is 3.05. The van der Waals surface area contributed by atoms with Crippen molar-refractivity contribution in [2.75, 3.05) is 12.4 Å². The molecule has 16 heavy (non-hydrogen) atoms. The Morgan fingerprint density at radius 2 is 1.75 bits per heavy atom. The Kier molecular flexibility index (Phi) is 5.11. The zero-order chi connectivity index (χ0) is 13.1. The number of amides is 1. The average Bonchev–Trinajstić information content (AvgIpc) is 2.11. The van der Waals surface area contributed by atoms with Crippen molar-refractivity contribution in [3.63, 3.8) is 0 Å². The zero-order valence-corrected chi connectivity index (χ0v) is 10.6. The first-order valence-electron chi connectivity index (χ1n) is 4.95. The molecule has 1 amide bonds. The van der Waals surface area contributed by atoms with Gasteiger partial charge in [0, 0.05) is 11.9 Å². The Hall–Kier alpha value is -0.450. The van der Waals surface area contributed by atoms with Gasteiger partial charge >= 0.3 is 6.18 Å². The number of hydrogen-bond donors (Lipinski definition) is 0. The van der Waals surface area contributed by atoms with Gasteiger partial charge in [0.25, 0.3) is 0 Å². The molecule has 0 aliphatic heterocycles. The third-order valence-electron chi connectivity index (χ3n) is 2.15. The molecule has 0 atom stereocenters. The molecule has 0 unspecified atom stereocenters. The van der Waals surface area contributed by atoms with Gasteiger partial charge in [0.2, 0.25) is 5.91 Å². The summed E-state index contributed by atoms with van der Waals surface area (Å²) in [6.45, 7) is 4.94. The summed E-state index contributed by atoms with van der Waals surface area (Å²) in [5, 5.41) is 0. The highest BCUT2D eigenvalue weighted by Gasteiger charge is 2.39. The van der Waals surface area contributed by atoms with E-state index in [4.69, 9.17) is 11.6 Å². The molecule has 0 saturated heterocycles. The second-order valence-corrected chi connectivity index (χ2v) is 4.93. The fraction of sp³-hybridized carbons (Fsp3) is 0.900. The number of alkyl halides is 4. The Morgan fingerprint density at radius 1 is 1.31 bits per heavy atom. The summed E-state index contributed by atoms with van der Waals surface area (Å²) >= 11 is 5.58. The lowest BCUT2D eigenvalue weighted by molar-refractivity contribution is -0.169. The first-order valence-corrected chi connectivity index (χ1v) is 5.48. The molecule has 2 nitrogen and oxygen atoms in total. The van der Waals surface area contributed by atoms with Crippen LogP contribution in [0.25, 0.3) is 0 Å². The largest absolute Gasteiger partial charge is 0.406 e. The molecular formula is C10H17ClF3NO. The van der Waals surface area contributed by atoms with Crippen LogP contribution in [0, 0.1) is 5.41 Å². The number of hydrogen-bond acceptors (Lipinski definition) is 1. The van der Waals surface area contributed by atoms with Crippen LogP contribution in [0.3, 0.4) is 0 Å². The summed E-state index contributed by atoms with van der Waals surface area (Å²) in [6.07, 6.45) is -4.39. The highest BCUT2D eigenvalue weighted by molar-refractivity contribution is 6.19. The van der Waals surface area contributed by atoms with Gasteiger partial charge in [0.1, 0.15) is 6.54 Å². The van der Waals surface area contributed by atoms with Crippen molar-refractivity contribution in [1.82, 2.24) is 4.90 Å². The monoisotopic (exact) mass is 259 g/mol. The van der Waals surface area contributed by atoms with E-state index >= 15 is 0 Å². The predicted molar refractivity (Wildman–Crippen MR) is 57.4 cm³/mol. The van der Waals surface area contributed by atoms with Gasteiger partial charge in [-0.15, -0.1) is 11.6 Å². The Balaban J connectivity index is 4.88. The lowest BCUT2D eigenvalue weighted by Gasteiger charge is -2.34. The number of rotatable bonds is 4. The molecule has 6 heteroatoms. The van der Waals surface area contributed by atoms with Crippen molar-refractivity contribution in [2.45, 2.75) is 39.9 Å². The first kappa shape index (κ1) is 15.6. The molecule has 0 aliphatic rings. The average molecular weight is 260 g/mol. The molecule has 0 heterocycles. The number of nitrogens with zero attached hydrogens (tertiary/aromatic N) is 1. The van der Waals surface area contributed by atoms with Crippen LogP contribution in [0.5, 0.6) is 0 Å². The maximum absolute atomic E-state index is 12.3. The van der Waals surface area contributed by atoms with Crippen molar-refractivity contribution in [2.24, 2.45) is 5.41 Å². The summed E-state index contributed by atoms with van der Waals surface area (Å²) in [5.74, 6) is -0.581. The van der Waals surface area contributed by atoms with E-state index in [0.29, 0.717) is 0 Å². The molecule has 0 spiro atoms. The maximum atomic E-state index is 12.3. The van der Waals surface area contributed by atoms with Gasteiger partial charge in [-0.25, -0.2) is 0 Å². The maximum Gasteiger partial charge on any atom is 0.406 e. The summed E-state index contributed by atoms with van der Waals surface area (Å²) in [6, 6.07) is -0.503. The molecule has 96 valence electrons. The fourth-order valence-electron chi connectivity index (χ4n) is 1.13. The van der Waals surface area contributed by atoms with Crippen LogP contribution in [0.15, 0.2) is 0 Å². The van der Waals surface area contributed by atoms with Crippen molar-refractivity contribution in [3.05, 3.63) is 0 Å². The molecular weight excluding hydrogens is 243 g/mol. The lowest BCUT2D eigenvalue weighted by Crippen LogP contribution is -2.49. The first-order chi connectivity index (χ1) is 7.01. The number of halogens is 4. The molecule has 0 saturated carbocycles. The van der Waals surface area contributed by atoms with E-state index in [1.165, 1.54) is 13.8 Å². The minimum Gasteiger partial charge on any atom is -0.331 e. The Labute approximate surface area is 98.7 Å². The topological polar surface area (TPSA) is 20.3 Å². The van der Waals surface area contributed by atoms with Crippen LogP contribution in [-0.2, 0) is 4.79 Å². The van der Waals surface area contributed by atoms with E-state index in [2.05, 4.69) is 0 Å². The van der Waals surface area contributed by atoms with Crippen LogP contribution < -0.4 is 0 Å². The molecule has 0 fully saturated rings. The van der Waals surface area contributed by atoms with Gasteiger partial charge in [-0.05, 0) is 27.7 Å². The van der Waals surface area contributed by atoms with E-state index in [0.717, 1.165) is 4.90 Å². The zero-order valence-electron chi connectivity index (χ0n) is 9.86. The van der Waals surface area contributed by atoms with Gasteiger partial charge in [0.15, 0.2) is 0 Å². The van der Waals surface area contributed by atoms with Crippen LogP contribution in [0.2, 0.25) is 0 Å². The Morgan fingerprint density at radius 3 is 2.00 bits per heavy atom. The van der Waals surface area contributed by atoms with Gasteiger partial charge in [0.05, 0.1) is 5.41 Å². The van der Waals surface area contributed by atoms with E-state index in [9.17, 15) is 18.0 Å². The second-order valence-electron chi connectivity index (χ2n) is 4.66. The molecule has 0 aromatic heterocycles. The molecule has 0 aromatic carbocycles. The van der Waals surface area contributed by atoms with Gasteiger partial charge in [-0.1, -0.05) is 0 Å². The van der Waals surface area contributed by atoms with Crippen LogP contribution in [-0.4, -0.2) is 35.4 Å². The van der Waals surface area contributed by atoms with Crippen LogP contribution in [0.4, 0.5) is 13.2 Å². The van der Waals surface area contributed by atoms with E-state index in [-0.39, 0.29) is 5.88 Å². The normalized spacial score (nSPS) is 13.1. The standard InChI is InChI=1S/C10H17ClF3NO/c1-7(2)15(6-10(12,13)14)8(16)9(3,4)5-11/h7H,5-6H2,1-4H3. The van der Waals surface area contributed by atoms with Gasteiger partial charge < -0.3 is 4.90 Å². The molecule has 0 radical (unpaired) electrons. The second kappa shape index (κ2) is 5.25. The van der Waals surface area contributed by atoms with Crippen molar-refractivity contribution in [3.8, 4) is 0 Å². The van der Waals surface area contributed by atoms with Gasteiger partial charge in [-0.2, -0.15) is 13.2 Å². The quantitative estimate of drug-likeness (QED) is 0.711. The summed E-state index contributed by atoms with van der Waals surface area (Å²) in [7, 11) is 0. The van der Waals surface area contributed by atoms with Crippen LogP contribution >= 0.6 is 11.6 Å². The summed E-state index contributed by atoms with van der Waals surface area (Å²) < 4.78 is 36.9. The minimum absolute atomic E-state index is 0.00703. The third-order valence-corrected chi connectivity index (χ3v) is 2.82. The smallest absolute Gasteiger partial charge is 0.331 e. The van der Waals surface area contributed by atoms with Crippen molar-refractivity contribution in [1.29, 1.82) is 0 Å². The lowest BCUT2D eigenvalue weighted by atomic mass is 9.93. The minimum atomic E-state index is -4.39. The molecule has 0 N–H and O–H groups in total. The van der Waals surface area contributed by atoms with Crippen molar-refractivity contribution >= 4 is 17.5 Å². The van der Waals surface area contributed by atoms with Gasteiger partial charge in [-0.3, -0.25) is 4.79 Å².